The van der Waals surface area contributed by atoms with Crippen LogP contribution in [0.25, 0.3) is 0 Å². The predicted molar refractivity (Wildman–Crippen MR) is 516 cm³/mol. The maximum absolute atomic E-state index is 14.5. The van der Waals surface area contributed by atoms with E-state index in [1.165, 1.54) is 38.5 Å². The van der Waals surface area contributed by atoms with Gasteiger partial charge < -0.3 is 37.2 Å². The Bertz CT molecular complexity index is 4710. The number of aliphatic hydroxyl groups is 5. The van der Waals surface area contributed by atoms with Crippen LogP contribution in [0.15, 0.2) is 105 Å². The average molecular weight is 1930 g/mol. The van der Waals surface area contributed by atoms with Gasteiger partial charge in [-0.05, 0) is 392 Å². The van der Waals surface area contributed by atoms with E-state index in [4.69, 9.17) is 4.74 Å². The number of benzene rings is 2. The molecule has 18 rings (SSSR count). The second-order valence-electron chi connectivity index (χ2n) is 52.0. The second-order valence-corrected chi connectivity index (χ2v) is 56.2. The Labute approximate surface area is 819 Å². The van der Waals surface area contributed by atoms with Crippen LogP contribution in [0, 0.1) is 150 Å². The second kappa shape index (κ2) is 38.9. The van der Waals surface area contributed by atoms with Crippen LogP contribution in [0.1, 0.15) is 375 Å². The van der Waals surface area contributed by atoms with Crippen LogP contribution in [0.4, 0.5) is 39.5 Å². The molecule has 0 bridgehead atoms. The number of halogens is 9. The summed E-state index contributed by atoms with van der Waals surface area (Å²) in [5.74, 6) is 6.12. The van der Waals surface area contributed by atoms with Crippen LogP contribution in [0.5, 0.6) is 0 Å². The molecule has 15 aliphatic carbocycles. The number of hydrogen-bond acceptors (Lipinski definition) is 10. The van der Waals surface area contributed by atoms with Crippen molar-refractivity contribution < 1.29 is 105 Å². The van der Waals surface area contributed by atoms with Gasteiger partial charge in [0.15, 0.2) is 36.5 Å². The summed E-state index contributed by atoms with van der Waals surface area (Å²) in [4.78, 5) is 0.707. The zero-order chi connectivity index (χ0) is 98.3. The molecular formula is C113H172F9LiO10S2. The van der Waals surface area contributed by atoms with Crippen molar-refractivity contribution in [3.8, 4) is 0 Å². The van der Waals surface area contributed by atoms with Crippen molar-refractivity contribution in [2.75, 3.05) is 12.4 Å². The first-order valence-electron chi connectivity index (χ1n) is 52.8. The monoisotopic (exact) mass is 1930 g/mol. The Hall–Kier alpha value is -2.71. The van der Waals surface area contributed by atoms with Crippen molar-refractivity contribution >= 4 is 19.7 Å². The number of epoxide rings is 1. The van der Waals surface area contributed by atoms with Gasteiger partial charge in [0, 0.05) is 19.3 Å². The smallest absolute Gasteiger partial charge is 0.390 e. The zero-order valence-electron chi connectivity index (χ0n) is 85.7. The first kappa shape index (κ1) is 110. The first-order chi connectivity index (χ1) is 61.9. The van der Waals surface area contributed by atoms with E-state index in [0.717, 1.165) is 165 Å². The molecule has 1 heterocycles. The minimum atomic E-state index is -4.64. The van der Waals surface area contributed by atoms with E-state index in [2.05, 4.69) is 131 Å². The number of ether oxygens (including phenoxy) is 1. The molecule has 1 aliphatic heterocycles. The van der Waals surface area contributed by atoms with Crippen molar-refractivity contribution in [1.29, 1.82) is 0 Å². The maximum Gasteiger partial charge on any atom is 1.00 e. The Balaban J connectivity index is 0.000000160. The molecule has 2 aromatic carbocycles. The van der Waals surface area contributed by atoms with Crippen LogP contribution in [0.2, 0.25) is 0 Å². The number of alkyl halides is 9. The minimum absolute atomic E-state index is 0. The van der Waals surface area contributed by atoms with Crippen molar-refractivity contribution in [2.24, 2.45) is 143 Å². The summed E-state index contributed by atoms with van der Waals surface area (Å²) in [5.41, 5.74) is -6.00. The summed E-state index contributed by atoms with van der Waals surface area (Å²) in [6.07, 6.45) is 22.5. The van der Waals surface area contributed by atoms with Gasteiger partial charge in [-0.15, -0.1) is 0 Å². The van der Waals surface area contributed by atoms with Crippen LogP contribution in [-0.4, -0.2) is 112 Å². The fraction of sp³-hybridized carbons (Fsp3) is 0.832. The van der Waals surface area contributed by atoms with Gasteiger partial charge in [-0.1, -0.05) is 195 Å². The van der Waals surface area contributed by atoms with Gasteiger partial charge in [0.1, 0.15) is 0 Å². The third kappa shape index (κ3) is 21.3. The standard InChI is InChI=1S/C38H55F3O4S.C33H53F3O2.C29H39F3O3S.C9H16O.C4H9.Li/c1-25(32(46(44,45)27-9-7-6-8-10-27)24-36(42)20-17-33(2,3)18-21-36)29-13-14-30-28-12-11-26-23-37(43,38(39,40)41)22-19-34(26,4)31(28)15-16-35(29,30)5;1-21(9-12-31(37)16-13-28(3,4)14-17-31)27-22(2)19-26-24-8-7-23-20-32(38,33(34,35)36)18-15-29(23,5)25(24)10-11-30(26,27)6;1-19(18-36(34,35)21-7-5-4-6-8-21)23-11-12-24-22-10-9-20-17-28(33,29(30,31)32)16-15-26(20,2)25(22)13-14-27(23,24)3;1-8(2)3-5-9(6-4-8)7-10-9;1-3-4-2;/h6-11,25,28-32,42-43H,12-24H2,1-5H3;7,21-22,24-27,37-38H,8-20H2,1-6H3;4-9,19,22-25,33H,10-18H2,1-3H3;3-7H2,1-2H3;1,3-4H2,2H3;/q;;;;-1;+1/t25-,28-,29+,30-,31-,32?,34-,35+,37-;21-,22?,24-,25+,26+,27+,29+,30+,32+;19-,22+,23-,24+,25+,26+,27-,28+;;;/m011.../s1. The molecule has 22 heteroatoms. The van der Waals surface area contributed by atoms with E-state index in [0.29, 0.717) is 129 Å². The van der Waals surface area contributed by atoms with Gasteiger partial charge in [0.2, 0.25) is 0 Å². The van der Waals surface area contributed by atoms with Crippen molar-refractivity contribution in [3.63, 3.8) is 0 Å². The molecule has 10 nitrogen and oxygen atoms in total. The molecule has 760 valence electrons. The summed E-state index contributed by atoms with van der Waals surface area (Å²) in [6.45, 7) is 43.4. The van der Waals surface area contributed by atoms with Gasteiger partial charge in [-0.25, -0.2) is 16.8 Å². The van der Waals surface area contributed by atoms with E-state index in [-0.39, 0.29) is 131 Å². The van der Waals surface area contributed by atoms with Crippen molar-refractivity contribution in [3.05, 3.63) is 103 Å². The van der Waals surface area contributed by atoms with E-state index < -0.39 is 71.5 Å². The molecule has 13 fully saturated rings. The molecule has 1 saturated heterocycles. The van der Waals surface area contributed by atoms with Gasteiger partial charge in [-0.2, -0.15) is 45.9 Å². The molecular weight excluding hydrogens is 1760 g/mol. The van der Waals surface area contributed by atoms with Gasteiger partial charge in [-0.3, -0.25) is 0 Å². The Morgan fingerprint density at radius 2 is 0.793 bits per heavy atom. The predicted octanol–water partition coefficient (Wildman–Crippen LogP) is 25.9. The average Bonchev–Trinajstić information content (AvgIpc) is 1.71. The molecule has 2 aromatic rings. The summed E-state index contributed by atoms with van der Waals surface area (Å²) in [6, 6.07) is 17.4. The van der Waals surface area contributed by atoms with Crippen LogP contribution >= 0.6 is 0 Å². The molecule has 0 radical (unpaired) electrons. The Morgan fingerprint density at radius 3 is 1.18 bits per heavy atom. The van der Waals surface area contributed by atoms with Gasteiger partial charge in [0.05, 0.1) is 44.2 Å². The molecule has 0 aromatic heterocycles. The fourth-order valence-corrected chi connectivity index (χ4v) is 36.9. The molecule has 16 aliphatic rings. The van der Waals surface area contributed by atoms with Crippen LogP contribution in [-0.2, 0) is 24.4 Å². The van der Waals surface area contributed by atoms with E-state index in [1.807, 2.05) is 24.3 Å². The third-order valence-corrected chi connectivity index (χ3v) is 46.7. The van der Waals surface area contributed by atoms with Crippen LogP contribution < -0.4 is 18.9 Å². The number of fused-ring (bicyclic) bond motifs is 15. The Morgan fingerprint density at radius 1 is 0.437 bits per heavy atom. The number of hydrogen-bond donors (Lipinski definition) is 5. The summed E-state index contributed by atoms with van der Waals surface area (Å²) in [7, 11) is -7.08. The fourth-order valence-electron chi connectivity index (χ4n) is 33.0. The molecule has 0 amide bonds. The summed E-state index contributed by atoms with van der Waals surface area (Å²) < 4.78 is 184. The number of allylic oxidation sites excluding steroid dienone is 3. The van der Waals surface area contributed by atoms with E-state index >= 15 is 0 Å². The van der Waals surface area contributed by atoms with E-state index in [1.54, 1.807) is 48.5 Å². The minimum Gasteiger partial charge on any atom is -0.390 e. The SMILES string of the molecule is CC1(C)CCC2(CC1)CO2.CC1C[C@H]2[C@@H]3CC=C4C[C@](O)(C(F)(F)F)CC[C@]4(C)[C@H]3CC[C@]2(C)[C@H]1[C@H](C)CCC1(O)CCC(C)(C)CC1.C[C@H](C(CC1(O)CCC(C)(C)CC1)S(=O)(=O)c1ccccc1)[C@H]1CC[C@H]2[C@@H]3CC=C4C[C@](O)(C(F)(F)F)CC[C@]4(C)[C@H]3CC[C@]12C.C[C@H](CS(=O)(=O)c1ccccc1)[C@H]1CC[C@H]2[C@@H]3CC=C4C[C@](O)(C(F)(F)F)CC[C@]4(C)[C@H]3CC[C@]12C.[CH2-]CCC.[Li+]. The molecule has 135 heavy (non-hydrogen) atoms. The van der Waals surface area contributed by atoms with Crippen molar-refractivity contribution in [1.82, 2.24) is 0 Å². The third-order valence-electron chi connectivity index (χ3n) is 42.4. The topological polar surface area (TPSA) is 182 Å². The molecule has 12 saturated carbocycles. The molecule has 1 spiro atoms. The normalized spacial score (nSPS) is 40.7. The molecule has 26 atom stereocenters. The summed E-state index contributed by atoms with van der Waals surface area (Å²) >= 11 is 0. The largest absolute Gasteiger partial charge is 1.00 e. The molecule has 5 N–H and O–H groups in total. The van der Waals surface area contributed by atoms with Crippen LogP contribution in [0.3, 0.4) is 0 Å². The summed E-state index contributed by atoms with van der Waals surface area (Å²) in [5, 5.41) is 54.0. The zero-order valence-corrected chi connectivity index (χ0v) is 87.4. The number of rotatable bonds is 15. The quantitative estimate of drug-likeness (QED) is 0.0378. The van der Waals surface area contributed by atoms with E-state index in [9.17, 15) is 81.9 Å². The number of sulfone groups is 2. The molecule has 2 unspecified atom stereocenters. The van der Waals surface area contributed by atoms with Crippen molar-refractivity contribution in [2.45, 2.75) is 442 Å². The Kier molecular flexibility index (Phi) is 31.6. The van der Waals surface area contributed by atoms with Gasteiger partial charge in [0.25, 0.3) is 0 Å². The first-order valence-corrected chi connectivity index (χ1v) is 56.0. The maximum atomic E-state index is 14.5. The number of unbranched alkanes of at least 4 members (excludes halogenated alkanes) is 1. The van der Waals surface area contributed by atoms with Gasteiger partial charge >= 0.3 is 37.4 Å².